The molecule has 0 saturated carbocycles. The Morgan fingerprint density at radius 1 is 1.30 bits per heavy atom. The van der Waals surface area contributed by atoms with Crippen molar-refractivity contribution >= 4 is 17.6 Å². The van der Waals surface area contributed by atoms with Gasteiger partial charge in [-0.25, -0.2) is 4.98 Å². The molecule has 3 heterocycles. The highest BCUT2D eigenvalue weighted by molar-refractivity contribution is 5.75. The summed E-state index contributed by atoms with van der Waals surface area (Å²) >= 11 is 0. The topological polar surface area (TPSA) is 109 Å². The van der Waals surface area contributed by atoms with E-state index in [-0.39, 0.29) is 18.4 Å². The van der Waals surface area contributed by atoms with Gasteiger partial charge in [0, 0.05) is 62.3 Å². The molecule has 0 bridgehead atoms. The van der Waals surface area contributed by atoms with E-state index in [0.29, 0.717) is 11.8 Å². The van der Waals surface area contributed by atoms with Crippen molar-refractivity contribution in [1.82, 2.24) is 20.2 Å². The summed E-state index contributed by atoms with van der Waals surface area (Å²) in [5.74, 6) is 0.342. The molecule has 0 spiro atoms. The quantitative estimate of drug-likeness (QED) is 0.553. The van der Waals surface area contributed by atoms with Crippen molar-refractivity contribution < 1.29 is 9.21 Å². The fourth-order valence-electron chi connectivity index (χ4n) is 3.71. The number of pyridine rings is 1. The molecule has 2 aromatic heterocycles. The fourth-order valence-corrected chi connectivity index (χ4v) is 3.71. The summed E-state index contributed by atoms with van der Waals surface area (Å²) in [5.41, 5.74) is 9.41. The van der Waals surface area contributed by atoms with Gasteiger partial charge in [0.25, 0.3) is 6.01 Å². The number of aromatic nitrogens is 2. The lowest BCUT2D eigenvalue weighted by Crippen LogP contribution is -2.46. The number of piperazine rings is 1. The van der Waals surface area contributed by atoms with Crippen LogP contribution in [0.3, 0.4) is 0 Å². The van der Waals surface area contributed by atoms with Gasteiger partial charge in [0.2, 0.25) is 5.91 Å². The fraction of sp³-hybridized carbons (Fsp3) is 0.318. The number of rotatable bonds is 7. The molecular formula is C22H26N6O2. The lowest BCUT2D eigenvalue weighted by atomic mass is 9.98. The molecule has 1 atom stereocenters. The highest BCUT2D eigenvalue weighted by Gasteiger charge is 2.24. The van der Waals surface area contributed by atoms with Gasteiger partial charge < -0.3 is 20.8 Å². The minimum atomic E-state index is -0.303. The van der Waals surface area contributed by atoms with Gasteiger partial charge in [-0.05, 0) is 36.2 Å². The van der Waals surface area contributed by atoms with Crippen molar-refractivity contribution in [3.8, 4) is 11.3 Å². The van der Waals surface area contributed by atoms with Crippen LogP contribution >= 0.6 is 0 Å². The van der Waals surface area contributed by atoms with Crippen molar-refractivity contribution in [3.63, 3.8) is 0 Å². The third-order valence-corrected chi connectivity index (χ3v) is 5.33. The SMILES string of the molecule is Cc1ccc(C(CC(N)=O)N2CCNCC2)cc1Nc1ncc(-c2cccnc2)o1. The molecule has 1 amide bonds. The van der Waals surface area contributed by atoms with Crippen LogP contribution in [0, 0.1) is 6.92 Å². The second-order valence-electron chi connectivity index (χ2n) is 7.44. The standard InChI is InChI=1S/C22H26N6O2/c1-15-4-5-16(19(12-21(23)29)28-9-7-24-8-10-28)11-18(15)27-22-26-14-20(30-22)17-3-2-6-25-13-17/h2-6,11,13-14,19,24H,7-10,12H2,1H3,(H2,23,29)(H,26,27). The lowest BCUT2D eigenvalue weighted by molar-refractivity contribution is -0.119. The Bertz CT molecular complexity index is 998. The van der Waals surface area contributed by atoms with Gasteiger partial charge in [0.1, 0.15) is 0 Å². The zero-order chi connectivity index (χ0) is 20.9. The molecule has 1 aromatic carbocycles. The van der Waals surface area contributed by atoms with Crippen molar-refractivity contribution in [2.45, 2.75) is 19.4 Å². The first-order chi connectivity index (χ1) is 14.6. The predicted molar refractivity (Wildman–Crippen MR) is 115 cm³/mol. The summed E-state index contributed by atoms with van der Waals surface area (Å²) in [7, 11) is 0. The molecule has 1 fully saturated rings. The van der Waals surface area contributed by atoms with Crippen LogP contribution in [-0.4, -0.2) is 47.0 Å². The number of nitrogens with two attached hydrogens (primary N) is 1. The smallest absolute Gasteiger partial charge is 0.299 e. The van der Waals surface area contributed by atoms with E-state index in [1.807, 2.05) is 25.1 Å². The third-order valence-electron chi connectivity index (χ3n) is 5.33. The summed E-state index contributed by atoms with van der Waals surface area (Å²) < 4.78 is 5.85. The van der Waals surface area contributed by atoms with Crippen LogP contribution in [0.15, 0.2) is 53.3 Å². The zero-order valence-corrected chi connectivity index (χ0v) is 17.0. The van der Waals surface area contributed by atoms with E-state index in [1.54, 1.807) is 18.6 Å². The van der Waals surface area contributed by atoms with Gasteiger partial charge in [-0.1, -0.05) is 12.1 Å². The number of oxazole rings is 1. The first kappa shape index (κ1) is 20.1. The summed E-state index contributed by atoms with van der Waals surface area (Å²) in [6.45, 7) is 5.58. The number of nitrogens with one attached hydrogen (secondary N) is 2. The summed E-state index contributed by atoms with van der Waals surface area (Å²) in [5, 5.41) is 6.62. The minimum Gasteiger partial charge on any atom is -0.423 e. The molecule has 8 heteroatoms. The van der Waals surface area contributed by atoms with Gasteiger partial charge in [-0.15, -0.1) is 0 Å². The number of carbonyl (C=O) groups is 1. The van der Waals surface area contributed by atoms with Gasteiger partial charge >= 0.3 is 0 Å². The Balaban J connectivity index is 1.58. The van der Waals surface area contributed by atoms with E-state index in [2.05, 4.69) is 37.6 Å². The Morgan fingerprint density at radius 2 is 2.13 bits per heavy atom. The van der Waals surface area contributed by atoms with Crippen LogP contribution in [0.2, 0.25) is 0 Å². The molecule has 8 nitrogen and oxygen atoms in total. The number of primary amides is 1. The molecular weight excluding hydrogens is 380 g/mol. The van der Waals surface area contributed by atoms with Crippen LogP contribution in [0.1, 0.15) is 23.6 Å². The maximum Gasteiger partial charge on any atom is 0.299 e. The molecule has 3 aromatic rings. The average Bonchev–Trinajstić information content (AvgIpc) is 3.23. The van der Waals surface area contributed by atoms with Crippen LogP contribution < -0.4 is 16.4 Å². The Hall–Kier alpha value is -3.23. The molecule has 156 valence electrons. The number of nitrogens with zero attached hydrogens (tertiary/aromatic N) is 3. The van der Waals surface area contributed by atoms with Crippen LogP contribution in [0.4, 0.5) is 11.7 Å². The predicted octanol–water partition coefficient (Wildman–Crippen LogP) is 2.61. The number of aryl methyl sites for hydroxylation is 1. The molecule has 0 aliphatic carbocycles. The second kappa shape index (κ2) is 9.06. The average molecular weight is 406 g/mol. The van der Waals surface area contributed by atoms with Gasteiger partial charge in [0.05, 0.1) is 6.20 Å². The molecule has 1 saturated heterocycles. The van der Waals surface area contributed by atoms with Crippen LogP contribution in [0.25, 0.3) is 11.3 Å². The van der Waals surface area contributed by atoms with Crippen molar-refractivity contribution in [2.24, 2.45) is 5.73 Å². The Labute approximate surface area is 175 Å². The van der Waals surface area contributed by atoms with E-state index in [0.717, 1.165) is 48.6 Å². The Kier molecular flexibility index (Phi) is 6.06. The van der Waals surface area contributed by atoms with Crippen molar-refractivity contribution in [3.05, 3.63) is 60.0 Å². The number of carbonyl (C=O) groups excluding carboxylic acids is 1. The minimum absolute atomic E-state index is 0.0544. The number of amides is 1. The van der Waals surface area contributed by atoms with Crippen LogP contribution in [-0.2, 0) is 4.79 Å². The normalized spacial score (nSPS) is 15.6. The molecule has 1 unspecified atom stereocenters. The first-order valence-electron chi connectivity index (χ1n) is 10.1. The summed E-state index contributed by atoms with van der Waals surface area (Å²) in [4.78, 5) is 22.5. The Morgan fingerprint density at radius 3 is 2.87 bits per heavy atom. The number of benzene rings is 1. The number of hydrogen-bond acceptors (Lipinski definition) is 7. The number of hydrogen-bond donors (Lipinski definition) is 3. The maximum atomic E-state index is 11.7. The molecule has 4 N–H and O–H groups in total. The van der Waals surface area contributed by atoms with Gasteiger partial charge in [-0.3, -0.25) is 14.7 Å². The zero-order valence-electron chi connectivity index (χ0n) is 17.0. The number of anilines is 2. The van der Waals surface area contributed by atoms with E-state index in [4.69, 9.17) is 10.2 Å². The highest BCUT2D eigenvalue weighted by atomic mass is 16.4. The lowest BCUT2D eigenvalue weighted by Gasteiger charge is -2.35. The first-order valence-corrected chi connectivity index (χ1v) is 10.1. The largest absolute Gasteiger partial charge is 0.423 e. The van der Waals surface area contributed by atoms with Crippen molar-refractivity contribution in [1.29, 1.82) is 0 Å². The second-order valence-corrected chi connectivity index (χ2v) is 7.44. The molecule has 30 heavy (non-hydrogen) atoms. The van der Waals surface area contributed by atoms with Gasteiger partial charge in [-0.2, -0.15) is 0 Å². The monoisotopic (exact) mass is 406 g/mol. The molecule has 0 radical (unpaired) electrons. The summed E-state index contributed by atoms with van der Waals surface area (Å²) in [6, 6.07) is 10.3. The van der Waals surface area contributed by atoms with E-state index < -0.39 is 0 Å². The van der Waals surface area contributed by atoms with Gasteiger partial charge in [0.15, 0.2) is 5.76 Å². The summed E-state index contributed by atoms with van der Waals surface area (Å²) in [6.07, 6.45) is 5.41. The molecule has 1 aliphatic heterocycles. The van der Waals surface area contributed by atoms with Crippen molar-refractivity contribution in [2.75, 3.05) is 31.5 Å². The van der Waals surface area contributed by atoms with E-state index in [9.17, 15) is 4.79 Å². The highest BCUT2D eigenvalue weighted by Crippen LogP contribution is 2.31. The molecule has 4 rings (SSSR count). The molecule has 1 aliphatic rings. The van der Waals surface area contributed by atoms with E-state index >= 15 is 0 Å². The van der Waals surface area contributed by atoms with Crippen LogP contribution in [0.5, 0.6) is 0 Å². The van der Waals surface area contributed by atoms with E-state index in [1.165, 1.54) is 0 Å². The maximum absolute atomic E-state index is 11.7. The third kappa shape index (κ3) is 4.67.